The van der Waals surface area contributed by atoms with Gasteiger partial charge in [-0.25, -0.2) is 9.97 Å². The van der Waals surface area contributed by atoms with E-state index in [0.717, 1.165) is 33.7 Å². The number of aromatic nitrogens is 5. The first-order chi connectivity index (χ1) is 19.7. The van der Waals surface area contributed by atoms with Crippen molar-refractivity contribution < 1.29 is 14.2 Å². The fourth-order valence-corrected chi connectivity index (χ4v) is 4.62. The second-order valence-electron chi connectivity index (χ2n) is 8.82. The minimum absolute atomic E-state index is 0.240. The summed E-state index contributed by atoms with van der Waals surface area (Å²) in [6.07, 6.45) is 1.62. The van der Waals surface area contributed by atoms with E-state index in [0.29, 0.717) is 28.7 Å². The lowest BCUT2D eigenvalue weighted by molar-refractivity contribution is 0.380. The number of hydrogen-bond donors (Lipinski definition) is 1. The van der Waals surface area contributed by atoms with Crippen LogP contribution in [0.3, 0.4) is 0 Å². The summed E-state index contributed by atoms with van der Waals surface area (Å²) in [5, 5.41) is 8.43. The first-order valence-electron chi connectivity index (χ1n) is 12.6. The zero-order valence-electron chi connectivity index (χ0n) is 22.2. The van der Waals surface area contributed by atoms with Crippen LogP contribution in [-0.2, 0) is 0 Å². The topological polar surface area (TPSA) is 95.7 Å². The van der Waals surface area contributed by atoms with Gasteiger partial charge in [-0.05, 0) is 29.3 Å². The second-order valence-corrected chi connectivity index (χ2v) is 8.82. The molecule has 0 spiro atoms. The summed E-state index contributed by atoms with van der Waals surface area (Å²) in [4.78, 5) is 13.7. The van der Waals surface area contributed by atoms with Crippen LogP contribution in [0.1, 0.15) is 0 Å². The molecule has 6 aromatic rings. The van der Waals surface area contributed by atoms with E-state index < -0.39 is 0 Å². The molecule has 6 rings (SSSR count). The lowest BCUT2D eigenvalue weighted by Crippen LogP contribution is -2.07. The fourth-order valence-electron chi connectivity index (χ4n) is 4.62. The molecule has 0 aliphatic rings. The second kappa shape index (κ2) is 10.7. The van der Waals surface area contributed by atoms with Gasteiger partial charge < -0.3 is 19.5 Å². The Kier molecular flexibility index (Phi) is 6.68. The summed E-state index contributed by atoms with van der Waals surface area (Å²) < 4.78 is 18.5. The maximum absolute atomic E-state index is 6.06. The first kappa shape index (κ1) is 24.9. The van der Waals surface area contributed by atoms with Crippen LogP contribution < -0.4 is 19.5 Å². The molecule has 3 heterocycles. The van der Waals surface area contributed by atoms with Crippen molar-refractivity contribution in [1.82, 2.24) is 24.6 Å². The number of nitrogens with zero attached hydrogens (tertiary/aromatic N) is 5. The SMILES string of the molecule is COc1ccc(-c2c(Nc3ccnc(OC)n3)nc3c(-c4ccccc4)c(-c4ccccc4)nn3c2OC)cc1. The molecule has 3 aromatic carbocycles. The van der Waals surface area contributed by atoms with Crippen LogP contribution in [0.4, 0.5) is 11.6 Å². The van der Waals surface area contributed by atoms with E-state index in [9.17, 15) is 0 Å². The van der Waals surface area contributed by atoms with Gasteiger partial charge in [0.2, 0.25) is 5.88 Å². The number of rotatable bonds is 8. The molecule has 1 N–H and O–H groups in total. The predicted molar refractivity (Wildman–Crippen MR) is 154 cm³/mol. The number of anilines is 2. The summed E-state index contributed by atoms with van der Waals surface area (Å²) in [5.74, 6) is 2.30. The maximum Gasteiger partial charge on any atom is 0.318 e. The summed E-state index contributed by atoms with van der Waals surface area (Å²) in [6.45, 7) is 0. The van der Waals surface area contributed by atoms with Crippen LogP contribution in [0.2, 0.25) is 0 Å². The van der Waals surface area contributed by atoms with E-state index >= 15 is 0 Å². The first-order valence-corrected chi connectivity index (χ1v) is 12.6. The molecule has 0 radical (unpaired) electrons. The Balaban J connectivity index is 1.68. The Labute approximate surface area is 231 Å². The molecule has 0 aliphatic heterocycles. The molecule has 0 fully saturated rings. The van der Waals surface area contributed by atoms with Crippen molar-refractivity contribution >= 4 is 17.3 Å². The molecule has 0 bridgehead atoms. The van der Waals surface area contributed by atoms with Crippen molar-refractivity contribution in [1.29, 1.82) is 0 Å². The molecule has 0 aliphatic carbocycles. The van der Waals surface area contributed by atoms with Gasteiger partial charge in [-0.1, -0.05) is 72.8 Å². The summed E-state index contributed by atoms with van der Waals surface area (Å²) >= 11 is 0. The Hall–Kier alpha value is -5.44. The zero-order chi connectivity index (χ0) is 27.5. The normalized spacial score (nSPS) is 10.9. The number of nitrogens with one attached hydrogen (secondary N) is 1. The van der Waals surface area contributed by atoms with Gasteiger partial charge in [-0.15, -0.1) is 0 Å². The van der Waals surface area contributed by atoms with E-state index in [1.807, 2.05) is 72.8 Å². The van der Waals surface area contributed by atoms with E-state index in [4.69, 9.17) is 24.3 Å². The molecule has 3 aromatic heterocycles. The summed E-state index contributed by atoms with van der Waals surface area (Å²) in [5.41, 5.74) is 5.81. The highest BCUT2D eigenvalue weighted by Gasteiger charge is 2.25. The van der Waals surface area contributed by atoms with E-state index in [-0.39, 0.29) is 6.01 Å². The van der Waals surface area contributed by atoms with Gasteiger partial charge in [-0.2, -0.15) is 14.6 Å². The number of methoxy groups -OCH3 is 3. The fraction of sp³-hybridized carbons (Fsp3) is 0.0968. The van der Waals surface area contributed by atoms with Crippen LogP contribution in [0.5, 0.6) is 17.6 Å². The van der Waals surface area contributed by atoms with Gasteiger partial charge in [0.25, 0.3) is 0 Å². The van der Waals surface area contributed by atoms with E-state index in [2.05, 4.69) is 27.4 Å². The van der Waals surface area contributed by atoms with Crippen LogP contribution in [0.25, 0.3) is 39.2 Å². The lowest BCUT2D eigenvalue weighted by atomic mass is 10.0. The van der Waals surface area contributed by atoms with Gasteiger partial charge in [0, 0.05) is 11.8 Å². The maximum atomic E-state index is 6.06. The van der Waals surface area contributed by atoms with Crippen LogP contribution >= 0.6 is 0 Å². The Morgan fingerprint density at radius 3 is 1.98 bits per heavy atom. The average Bonchev–Trinajstić information content (AvgIpc) is 3.40. The third kappa shape index (κ3) is 4.54. The Morgan fingerprint density at radius 2 is 1.32 bits per heavy atom. The van der Waals surface area contributed by atoms with Crippen molar-refractivity contribution in [2.75, 3.05) is 26.6 Å². The predicted octanol–water partition coefficient (Wildman–Crippen LogP) is 6.29. The smallest absolute Gasteiger partial charge is 0.318 e. The number of fused-ring (bicyclic) bond motifs is 1. The Morgan fingerprint density at radius 1 is 0.650 bits per heavy atom. The quantitative estimate of drug-likeness (QED) is 0.245. The van der Waals surface area contributed by atoms with Crippen molar-refractivity contribution in [3.05, 3.63) is 97.2 Å². The molecule has 9 heteroatoms. The van der Waals surface area contributed by atoms with Gasteiger partial charge >= 0.3 is 6.01 Å². The average molecular weight is 531 g/mol. The van der Waals surface area contributed by atoms with Crippen molar-refractivity contribution in [2.45, 2.75) is 0 Å². The molecule has 9 nitrogen and oxygen atoms in total. The number of hydrogen-bond acceptors (Lipinski definition) is 8. The molecule has 0 amide bonds. The van der Waals surface area contributed by atoms with Crippen LogP contribution in [0.15, 0.2) is 97.2 Å². The molecule has 40 heavy (non-hydrogen) atoms. The van der Waals surface area contributed by atoms with E-state index in [1.165, 1.54) is 7.11 Å². The van der Waals surface area contributed by atoms with Crippen LogP contribution in [-0.4, -0.2) is 45.9 Å². The van der Waals surface area contributed by atoms with E-state index in [1.54, 1.807) is 31.0 Å². The zero-order valence-corrected chi connectivity index (χ0v) is 22.2. The highest BCUT2D eigenvalue weighted by Crippen LogP contribution is 2.42. The minimum atomic E-state index is 0.240. The van der Waals surface area contributed by atoms with Crippen molar-refractivity contribution in [3.8, 4) is 51.2 Å². The van der Waals surface area contributed by atoms with Crippen molar-refractivity contribution in [3.63, 3.8) is 0 Å². The largest absolute Gasteiger partial charge is 0.497 e. The monoisotopic (exact) mass is 530 g/mol. The molecular formula is C31H26N6O3. The third-order valence-electron chi connectivity index (χ3n) is 6.47. The highest BCUT2D eigenvalue weighted by molar-refractivity contribution is 5.93. The molecule has 0 atom stereocenters. The van der Waals surface area contributed by atoms with Crippen LogP contribution in [0, 0.1) is 0 Å². The highest BCUT2D eigenvalue weighted by atomic mass is 16.5. The van der Waals surface area contributed by atoms with Gasteiger partial charge in [0.1, 0.15) is 23.1 Å². The number of benzene rings is 3. The summed E-state index contributed by atoms with van der Waals surface area (Å²) in [7, 11) is 4.79. The molecule has 0 unspecified atom stereocenters. The summed E-state index contributed by atoms with van der Waals surface area (Å²) in [6, 6.07) is 29.8. The molecular weight excluding hydrogens is 504 g/mol. The lowest BCUT2D eigenvalue weighted by Gasteiger charge is -2.16. The molecule has 0 saturated heterocycles. The van der Waals surface area contributed by atoms with Gasteiger partial charge in [0.05, 0.1) is 32.5 Å². The number of ether oxygens (including phenoxy) is 3. The minimum Gasteiger partial charge on any atom is -0.497 e. The van der Waals surface area contributed by atoms with Crippen molar-refractivity contribution in [2.24, 2.45) is 0 Å². The Bertz CT molecular complexity index is 1770. The standard InChI is InChI=1S/C31H26N6O3/c1-38-23-16-14-21(15-17-23)26-28(33-24-18-19-32-31(34-24)40-3)35-29-25(20-10-6-4-7-11-20)27(22-12-8-5-9-13-22)36-37(29)30(26)39-2/h4-19H,1-3H3,(H,32,33,34,35). The van der Waals surface area contributed by atoms with Gasteiger partial charge in [0.15, 0.2) is 5.65 Å². The molecule has 0 saturated carbocycles. The third-order valence-corrected chi connectivity index (χ3v) is 6.47. The molecule has 198 valence electrons. The van der Waals surface area contributed by atoms with Gasteiger partial charge in [-0.3, -0.25) is 0 Å².